The summed E-state index contributed by atoms with van der Waals surface area (Å²) in [5.41, 5.74) is 2.72. The first-order valence-corrected chi connectivity index (χ1v) is 9.38. The summed E-state index contributed by atoms with van der Waals surface area (Å²) in [5.74, 6) is -0.954. The number of unbranched alkanes of at least 4 members (excludes halogenated alkanes) is 1. The van der Waals surface area contributed by atoms with Gasteiger partial charge in [0.2, 0.25) is 0 Å². The number of aromatic carboxylic acids is 1. The third kappa shape index (κ3) is 4.85. The zero-order valence-electron chi connectivity index (χ0n) is 16.3. The molecule has 0 aliphatic carbocycles. The summed E-state index contributed by atoms with van der Waals surface area (Å²) < 4.78 is 0. The predicted molar refractivity (Wildman–Crippen MR) is 108 cm³/mol. The quantitative estimate of drug-likeness (QED) is 0.567. The monoisotopic (exact) mass is 359 g/mol. The highest BCUT2D eigenvalue weighted by Gasteiger charge is 2.15. The number of nitrogens with zero attached hydrogens (tertiary/aromatic N) is 2. The van der Waals surface area contributed by atoms with Crippen LogP contribution in [-0.2, 0) is 0 Å². The summed E-state index contributed by atoms with van der Waals surface area (Å²) in [4.78, 5) is 19.6. The van der Waals surface area contributed by atoms with Gasteiger partial charge in [0.1, 0.15) is 5.56 Å². The molecular weight excluding hydrogens is 328 g/mol. The van der Waals surface area contributed by atoms with Crippen molar-refractivity contribution in [2.75, 3.05) is 50.5 Å². The van der Waals surface area contributed by atoms with Gasteiger partial charge < -0.3 is 20.2 Å². The molecule has 2 aromatic rings. The Morgan fingerprint density at radius 3 is 2.58 bits per heavy atom. The lowest BCUT2D eigenvalue weighted by atomic mass is 10.1. The average Bonchev–Trinajstić information content (AvgIpc) is 2.63. The van der Waals surface area contributed by atoms with E-state index in [1.54, 1.807) is 4.90 Å². The Kier molecular flexibility index (Phi) is 7.21. The SMILES string of the molecule is CC[NH+](CC)CCCCNc1c(C(=O)O)cnc2ccc(N(C)C)cc12. The molecule has 0 saturated carbocycles. The fourth-order valence-corrected chi connectivity index (χ4v) is 3.13. The van der Waals surface area contributed by atoms with Gasteiger partial charge in [0, 0.05) is 37.9 Å². The molecule has 0 unspecified atom stereocenters. The summed E-state index contributed by atoms with van der Waals surface area (Å²) in [6, 6.07) is 5.93. The lowest BCUT2D eigenvalue weighted by molar-refractivity contribution is -0.896. The van der Waals surface area contributed by atoms with Gasteiger partial charge in [-0.15, -0.1) is 0 Å². The van der Waals surface area contributed by atoms with Crippen molar-refractivity contribution in [2.45, 2.75) is 26.7 Å². The molecule has 0 aliphatic heterocycles. The van der Waals surface area contributed by atoms with E-state index in [1.807, 2.05) is 37.2 Å². The summed E-state index contributed by atoms with van der Waals surface area (Å²) in [6.07, 6.45) is 3.58. The molecule has 0 bridgehead atoms. The van der Waals surface area contributed by atoms with Gasteiger partial charge in [-0.25, -0.2) is 4.79 Å². The first-order chi connectivity index (χ1) is 12.5. The number of rotatable bonds is 10. The Balaban J connectivity index is 2.18. The van der Waals surface area contributed by atoms with Crippen LogP contribution in [0.15, 0.2) is 24.4 Å². The topological polar surface area (TPSA) is 69.9 Å². The van der Waals surface area contributed by atoms with Crippen molar-refractivity contribution >= 4 is 28.2 Å². The number of benzene rings is 1. The number of quaternary nitrogens is 1. The van der Waals surface area contributed by atoms with Crippen LogP contribution in [0.3, 0.4) is 0 Å². The van der Waals surface area contributed by atoms with E-state index >= 15 is 0 Å². The molecule has 1 aromatic heterocycles. The second-order valence-corrected chi connectivity index (χ2v) is 6.79. The zero-order valence-corrected chi connectivity index (χ0v) is 16.3. The van der Waals surface area contributed by atoms with Gasteiger partial charge in [-0.1, -0.05) is 0 Å². The first kappa shape index (κ1) is 20.0. The van der Waals surface area contributed by atoms with E-state index < -0.39 is 5.97 Å². The number of hydrogen-bond acceptors (Lipinski definition) is 4. The Labute approximate surface area is 155 Å². The highest BCUT2D eigenvalue weighted by molar-refractivity contribution is 6.05. The molecule has 6 nitrogen and oxygen atoms in total. The Morgan fingerprint density at radius 2 is 1.96 bits per heavy atom. The Hall–Kier alpha value is -2.34. The Bertz CT molecular complexity index is 742. The highest BCUT2D eigenvalue weighted by atomic mass is 16.4. The van der Waals surface area contributed by atoms with Crippen LogP contribution in [0.4, 0.5) is 11.4 Å². The van der Waals surface area contributed by atoms with Crippen LogP contribution in [0.1, 0.15) is 37.0 Å². The van der Waals surface area contributed by atoms with Crippen molar-refractivity contribution in [1.29, 1.82) is 0 Å². The number of nitrogens with one attached hydrogen (secondary N) is 2. The van der Waals surface area contributed by atoms with Crippen LogP contribution in [0.25, 0.3) is 10.9 Å². The lowest BCUT2D eigenvalue weighted by Gasteiger charge is -2.17. The summed E-state index contributed by atoms with van der Waals surface area (Å²) >= 11 is 0. The molecule has 0 radical (unpaired) electrons. The molecule has 0 spiro atoms. The maximum absolute atomic E-state index is 11.6. The molecule has 0 amide bonds. The van der Waals surface area contributed by atoms with Crippen molar-refractivity contribution in [3.63, 3.8) is 0 Å². The second-order valence-electron chi connectivity index (χ2n) is 6.79. The third-order valence-corrected chi connectivity index (χ3v) is 4.86. The van der Waals surface area contributed by atoms with Gasteiger partial charge >= 0.3 is 5.97 Å². The van der Waals surface area contributed by atoms with Crippen molar-refractivity contribution in [2.24, 2.45) is 0 Å². The van der Waals surface area contributed by atoms with Gasteiger partial charge in [0.25, 0.3) is 0 Å². The lowest BCUT2D eigenvalue weighted by Crippen LogP contribution is -3.11. The van der Waals surface area contributed by atoms with Crippen molar-refractivity contribution < 1.29 is 14.8 Å². The molecule has 1 aromatic carbocycles. The largest absolute Gasteiger partial charge is 0.478 e. The molecule has 2 rings (SSSR count). The van der Waals surface area contributed by atoms with Crippen LogP contribution >= 0.6 is 0 Å². The zero-order chi connectivity index (χ0) is 19.1. The number of fused-ring (bicyclic) bond motifs is 1. The van der Waals surface area contributed by atoms with E-state index in [0.717, 1.165) is 55.6 Å². The molecule has 1 heterocycles. The fraction of sp³-hybridized carbons (Fsp3) is 0.500. The standard InChI is InChI=1S/C20H30N4O2/c1-5-24(6-2)12-8-7-11-21-19-16-13-15(23(3)4)9-10-18(16)22-14-17(19)20(25)26/h9-10,13-14H,5-8,11-12H2,1-4H3,(H,21,22)(H,25,26)/p+1. The normalized spacial score (nSPS) is 11.1. The molecule has 0 atom stereocenters. The first-order valence-electron chi connectivity index (χ1n) is 9.38. The maximum atomic E-state index is 11.6. The number of pyridine rings is 1. The van der Waals surface area contributed by atoms with E-state index in [-0.39, 0.29) is 5.56 Å². The minimum atomic E-state index is -0.954. The Morgan fingerprint density at radius 1 is 1.23 bits per heavy atom. The van der Waals surface area contributed by atoms with E-state index in [2.05, 4.69) is 24.1 Å². The number of carbonyl (C=O) groups is 1. The summed E-state index contributed by atoms with van der Waals surface area (Å²) in [7, 11) is 3.94. The number of anilines is 2. The van der Waals surface area contributed by atoms with Gasteiger partial charge in [-0.2, -0.15) is 0 Å². The molecule has 0 fully saturated rings. The smallest absolute Gasteiger partial charge is 0.339 e. The molecule has 3 N–H and O–H groups in total. The number of carboxylic acids is 1. The molecule has 6 heteroatoms. The average molecular weight is 359 g/mol. The fourth-order valence-electron chi connectivity index (χ4n) is 3.13. The van der Waals surface area contributed by atoms with E-state index in [0.29, 0.717) is 5.69 Å². The second kappa shape index (κ2) is 9.38. The molecular formula is C20H31N4O2+. The molecule has 0 saturated heterocycles. The van der Waals surface area contributed by atoms with E-state index in [1.165, 1.54) is 6.20 Å². The highest BCUT2D eigenvalue weighted by Crippen LogP contribution is 2.29. The number of hydrogen-bond donors (Lipinski definition) is 3. The molecule has 142 valence electrons. The van der Waals surface area contributed by atoms with Crippen molar-refractivity contribution in [1.82, 2.24) is 4.98 Å². The van der Waals surface area contributed by atoms with Crippen LogP contribution in [-0.4, -0.2) is 56.3 Å². The molecule has 0 aliphatic rings. The van der Waals surface area contributed by atoms with Crippen molar-refractivity contribution in [3.8, 4) is 0 Å². The minimum Gasteiger partial charge on any atom is -0.478 e. The summed E-state index contributed by atoms with van der Waals surface area (Å²) in [6.45, 7) is 8.63. The van der Waals surface area contributed by atoms with Crippen molar-refractivity contribution in [3.05, 3.63) is 30.0 Å². The number of carboxylic acid groups (broad SMARTS) is 1. The van der Waals surface area contributed by atoms with Crippen LogP contribution in [0.5, 0.6) is 0 Å². The van der Waals surface area contributed by atoms with E-state index in [9.17, 15) is 9.90 Å². The predicted octanol–water partition coefficient (Wildman–Crippen LogP) is 2.12. The van der Waals surface area contributed by atoms with Gasteiger partial charge in [0.15, 0.2) is 0 Å². The van der Waals surface area contributed by atoms with E-state index in [4.69, 9.17) is 0 Å². The van der Waals surface area contributed by atoms with Crippen LogP contribution in [0, 0.1) is 0 Å². The maximum Gasteiger partial charge on any atom is 0.339 e. The minimum absolute atomic E-state index is 0.225. The van der Waals surface area contributed by atoms with Gasteiger partial charge in [-0.05, 0) is 44.9 Å². The molecule has 26 heavy (non-hydrogen) atoms. The summed E-state index contributed by atoms with van der Waals surface area (Å²) in [5, 5.41) is 13.8. The third-order valence-electron chi connectivity index (χ3n) is 4.86. The van der Waals surface area contributed by atoms with Gasteiger partial charge in [-0.3, -0.25) is 4.98 Å². The van der Waals surface area contributed by atoms with Gasteiger partial charge in [0.05, 0.1) is 30.8 Å². The number of aromatic nitrogens is 1. The van der Waals surface area contributed by atoms with Crippen LogP contribution < -0.4 is 15.1 Å². The van der Waals surface area contributed by atoms with Crippen LogP contribution in [0.2, 0.25) is 0 Å².